The molecule has 1 N–H and O–H groups in total. The van der Waals surface area contributed by atoms with Crippen LogP contribution in [0.2, 0.25) is 0 Å². The maximum atomic E-state index is 13.6. The highest BCUT2D eigenvalue weighted by Crippen LogP contribution is 2.24. The van der Waals surface area contributed by atoms with Crippen LogP contribution in [0.25, 0.3) is 0 Å². The Morgan fingerprint density at radius 2 is 2.18 bits per heavy atom. The van der Waals surface area contributed by atoms with E-state index in [2.05, 4.69) is 5.32 Å². The Morgan fingerprint density at radius 3 is 2.76 bits per heavy atom. The Labute approximate surface area is 99.0 Å². The standard InChI is InChI=1S/C13H16F3N/c1-8(14)9-5-10(13(16)12(15)7-9)6-11-3-2-4-17-11/h5,7-8,11,17H,2-4,6H2,1H3. The van der Waals surface area contributed by atoms with Gasteiger partial charge in [0, 0.05) is 6.04 Å². The Morgan fingerprint density at radius 1 is 1.41 bits per heavy atom. The van der Waals surface area contributed by atoms with Crippen molar-refractivity contribution >= 4 is 0 Å². The van der Waals surface area contributed by atoms with E-state index in [9.17, 15) is 13.2 Å². The van der Waals surface area contributed by atoms with Crippen molar-refractivity contribution in [2.75, 3.05) is 6.54 Å². The Hall–Kier alpha value is -1.03. The van der Waals surface area contributed by atoms with Crippen LogP contribution in [0.3, 0.4) is 0 Å². The van der Waals surface area contributed by atoms with Gasteiger partial charge in [-0.2, -0.15) is 0 Å². The zero-order chi connectivity index (χ0) is 12.4. The third kappa shape index (κ3) is 2.80. The van der Waals surface area contributed by atoms with Crippen molar-refractivity contribution in [3.05, 3.63) is 34.9 Å². The summed E-state index contributed by atoms with van der Waals surface area (Å²) in [5.74, 6) is -1.80. The van der Waals surface area contributed by atoms with Gasteiger partial charge in [-0.1, -0.05) is 0 Å². The summed E-state index contributed by atoms with van der Waals surface area (Å²) in [6, 6.07) is 2.54. The fourth-order valence-electron chi connectivity index (χ4n) is 2.24. The lowest BCUT2D eigenvalue weighted by atomic mass is 10.00. The smallest absolute Gasteiger partial charge is 0.162 e. The van der Waals surface area contributed by atoms with Crippen LogP contribution >= 0.6 is 0 Å². The fourth-order valence-corrected chi connectivity index (χ4v) is 2.24. The molecule has 0 spiro atoms. The molecule has 2 atom stereocenters. The second kappa shape index (κ2) is 5.08. The van der Waals surface area contributed by atoms with Crippen LogP contribution < -0.4 is 5.32 Å². The average molecular weight is 243 g/mol. The van der Waals surface area contributed by atoms with E-state index < -0.39 is 17.8 Å². The van der Waals surface area contributed by atoms with Gasteiger partial charge >= 0.3 is 0 Å². The highest BCUT2D eigenvalue weighted by Gasteiger charge is 2.19. The monoisotopic (exact) mass is 243 g/mol. The van der Waals surface area contributed by atoms with E-state index in [-0.39, 0.29) is 17.2 Å². The molecule has 1 heterocycles. The molecule has 1 aliphatic heterocycles. The summed E-state index contributed by atoms with van der Waals surface area (Å²) in [6.45, 7) is 2.23. The first-order chi connectivity index (χ1) is 8.08. The van der Waals surface area contributed by atoms with Crippen molar-refractivity contribution in [2.45, 2.75) is 38.4 Å². The van der Waals surface area contributed by atoms with Crippen LogP contribution in [-0.2, 0) is 6.42 Å². The van der Waals surface area contributed by atoms with Crippen molar-refractivity contribution in [1.82, 2.24) is 5.32 Å². The van der Waals surface area contributed by atoms with Crippen molar-refractivity contribution in [3.8, 4) is 0 Å². The number of halogens is 3. The van der Waals surface area contributed by atoms with Crippen molar-refractivity contribution in [1.29, 1.82) is 0 Å². The largest absolute Gasteiger partial charge is 0.314 e. The highest BCUT2D eigenvalue weighted by atomic mass is 19.2. The second-order valence-corrected chi connectivity index (χ2v) is 4.59. The van der Waals surface area contributed by atoms with E-state index in [1.807, 2.05) is 0 Å². The van der Waals surface area contributed by atoms with E-state index in [1.165, 1.54) is 13.0 Å². The van der Waals surface area contributed by atoms with Gasteiger partial charge in [0.05, 0.1) is 0 Å². The Bertz CT molecular complexity index is 398. The SMILES string of the molecule is CC(F)c1cc(F)c(F)c(CC2CCCN2)c1. The van der Waals surface area contributed by atoms with E-state index >= 15 is 0 Å². The lowest BCUT2D eigenvalue weighted by Crippen LogP contribution is -2.24. The quantitative estimate of drug-likeness (QED) is 0.859. The lowest BCUT2D eigenvalue weighted by Gasteiger charge is -2.13. The van der Waals surface area contributed by atoms with Gasteiger partial charge in [-0.15, -0.1) is 0 Å². The van der Waals surface area contributed by atoms with E-state index in [0.29, 0.717) is 6.42 Å². The molecule has 0 aliphatic carbocycles. The molecule has 0 radical (unpaired) electrons. The minimum absolute atomic E-state index is 0.175. The number of nitrogens with one attached hydrogen (secondary N) is 1. The lowest BCUT2D eigenvalue weighted by molar-refractivity contribution is 0.370. The average Bonchev–Trinajstić information content (AvgIpc) is 2.77. The van der Waals surface area contributed by atoms with Crippen LogP contribution in [0.1, 0.15) is 37.1 Å². The minimum atomic E-state index is -1.28. The molecular formula is C13H16F3N. The van der Waals surface area contributed by atoms with Gasteiger partial charge in [0.25, 0.3) is 0 Å². The normalized spacial score (nSPS) is 21.8. The van der Waals surface area contributed by atoms with E-state index in [0.717, 1.165) is 25.5 Å². The van der Waals surface area contributed by atoms with Gasteiger partial charge in [-0.3, -0.25) is 0 Å². The number of hydrogen-bond acceptors (Lipinski definition) is 1. The molecule has 1 saturated heterocycles. The molecular weight excluding hydrogens is 227 g/mol. The summed E-state index contributed by atoms with van der Waals surface area (Å²) >= 11 is 0. The molecule has 0 aromatic heterocycles. The van der Waals surface area contributed by atoms with Gasteiger partial charge in [-0.05, 0) is 56.0 Å². The molecule has 1 aliphatic rings. The number of rotatable bonds is 3. The predicted octanol–water partition coefficient (Wildman–Crippen LogP) is 3.29. The molecule has 0 bridgehead atoms. The molecule has 1 aromatic carbocycles. The van der Waals surface area contributed by atoms with Crippen LogP contribution in [-0.4, -0.2) is 12.6 Å². The Balaban J connectivity index is 2.24. The first-order valence-electron chi connectivity index (χ1n) is 5.93. The summed E-state index contributed by atoms with van der Waals surface area (Å²) in [5, 5.41) is 3.22. The molecule has 0 saturated carbocycles. The maximum Gasteiger partial charge on any atom is 0.162 e. The zero-order valence-electron chi connectivity index (χ0n) is 9.77. The van der Waals surface area contributed by atoms with Crippen LogP contribution in [0.15, 0.2) is 12.1 Å². The molecule has 2 unspecified atom stereocenters. The summed E-state index contributed by atoms with van der Waals surface area (Å²) < 4.78 is 40.0. The molecule has 2 rings (SSSR count). The van der Waals surface area contributed by atoms with Gasteiger partial charge in [-0.25, -0.2) is 13.2 Å². The fraction of sp³-hybridized carbons (Fsp3) is 0.538. The number of hydrogen-bond donors (Lipinski definition) is 1. The van der Waals surface area contributed by atoms with Crippen LogP contribution in [0.5, 0.6) is 0 Å². The molecule has 94 valence electrons. The van der Waals surface area contributed by atoms with Crippen molar-refractivity contribution in [2.24, 2.45) is 0 Å². The maximum absolute atomic E-state index is 13.6. The molecule has 4 heteroatoms. The van der Waals surface area contributed by atoms with E-state index in [1.54, 1.807) is 0 Å². The van der Waals surface area contributed by atoms with Crippen molar-refractivity contribution < 1.29 is 13.2 Å². The summed E-state index contributed by atoms with van der Waals surface area (Å²) in [7, 11) is 0. The summed E-state index contributed by atoms with van der Waals surface area (Å²) in [5.41, 5.74) is 0.473. The highest BCUT2D eigenvalue weighted by molar-refractivity contribution is 5.28. The number of benzene rings is 1. The molecule has 17 heavy (non-hydrogen) atoms. The summed E-state index contributed by atoms with van der Waals surface area (Å²) in [4.78, 5) is 0. The minimum Gasteiger partial charge on any atom is -0.314 e. The third-order valence-electron chi connectivity index (χ3n) is 3.21. The molecule has 1 nitrogen and oxygen atoms in total. The van der Waals surface area contributed by atoms with Crippen LogP contribution in [0.4, 0.5) is 13.2 Å². The van der Waals surface area contributed by atoms with Gasteiger partial charge < -0.3 is 5.32 Å². The van der Waals surface area contributed by atoms with Crippen LogP contribution in [0, 0.1) is 11.6 Å². The first-order valence-corrected chi connectivity index (χ1v) is 5.93. The molecule has 0 amide bonds. The second-order valence-electron chi connectivity index (χ2n) is 4.59. The van der Waals surface area contributed by atoms with Gasteiger partial charge in [0.15, 0.2) is 11.6 Å². The molecule has 1 aromatic rings. The van der Waals surface area contributed by atoms with Gasteiger partial charge in [0.1, 0.15) is 6.17 Å². The predicted molar refractivity (Wildman–Crippen MR) is 60.6 cm³/mol. The van der Waals surface area contributed by atoms with E-state index in [4.69, 9.17) is 0 Å². The topological polar surface area (TPSA) is 12.0 Å². The summed E-state index contributed by atoms with van der Waals surface area (Å²) in [6.07, 6.45) is 1.15. The molecule has 1 fully saturated rings. The third-order valence-corrected chi connectivity index (χ3v) is 3.21. The van der Waals surface area contributed by atoms with Gasteiger partial charge in [0.2, 0.25) is 0 Å². The first kappa shape index (κ1) is 12.4. The van der Waals surface area contributed by atoms with Crippen molar-refractivity contribution in [3.63, 3.8) is 0 Å². The Kier molecular flexibility index (Phi) is 3.72. The number of alkyl halides is 1. The zero-order valence-corrected chi connectivity index (χ0v) is 9.77.